The average Bonchev–Trinajstić information content (AvgIpc) is 2.66. The van der Waals surface area contributed by atoms with Crippen LogP contribution in [0.4, 0.5) is 0 Å². The Balaban J connectivity index is 0.00000338. The topological polar surface area (TPSA) is 66.0 Å². The molecule has 1 heterocycles. The van der Waals surface area contributed by atoms with Crippen molar-refractivity contribution < 1.29 is 9.53 Å². The van der Waals surface area contributed by atoms with Gasteiger partial charge in [0.1, 0.15) is 0 Å². The van der Waals surface area contributed by atoms with Crippen LogP contribution in [0, 0.1) is 0 Å². The van der Waals surface area contributed by atoms with Crippen LogP contribution in [0.5, 0.6) is 0 Å². The minimum absolute atomic E-state index is 0. The Bertz CT molecular complexity index is 569. The lowest BCUT2D eigenvalue weighted by molar-refractivity contribution is 0.0263. The first-order valence-electron chi connectivity index (χ1n) is 9.13. The van der Waals surface area contributed by atoms with E-state index in [1.54, 1.807) is 7.05 Å². The molecule has 2 N–H and O–H groups in total. The summed E-state index contributed by atoms with van der Waals surface area (Å²) >= 11 is 0. The second kappa shape index (κ2) is 12.1. The second-order valence-corrected chi connectivity index (χ2v) is 6.09. The molecular weight excluding hydrogens is 443 g/mol. The fourth-order valence-electron chi connectivity index (χ4n) is 2.97. The summed E-state index contributed by atoms with van der Waals surface area (Å²) in [6.45, 7) is 8.29. The minimum atomic E-state index is -0.0689. The van der Waals surface area contributed by atoms with Gasteiger partial charge in [-0.1, -0.05) is 12.1 Å². The fourth-order valence-corrected chi connectivity index (χ4v) is 2.97. The maximum atomic E-state index is 11.6. The Labute approximate surface area is 173 Å². The van der Waals surface area contributed by atoms with Crippen molar-refractivity contribution in [3.63, 3.8) is 0 Å². The number of ether oxygens (including phenoxy) is 1. The molecule has 0 aromatic heterocycles. The number of rotatable bonds is 6. The number of halogens is 1. The summed E-state index contributed by atoms with van der Waals surface area (Å²) in [5, 5.41) is 6.01. The van der Waals surface area contributed by atoms with Gasteiger partial charge in [-0.3, -0.25) is 4.79 Å². The Hall–Kier alpha value is -1.35. The molecule has 7 heteroatoms. The first-order valence-corrected chi connectivity index (χ1v) is 9.13. The number of hydrogen-bond donors (Lipinski definition) is 2. The van der Waals surface area contributed by atoms with E-state index in [0.29, 0.717) is 18.2 Å². The van der Waals surface area contributed by atoms with Gasteiger partial charge in [-0.25, -0.2) is 4.99 Å². The molecule has 1 aromatic carbocycles. The van der Waals surface area contributed by atoms with E-state index in [2.05, 4.69) is 22.5 Å². The van der Waals surface area contributed by atoms with Crippen molar-refractivity contribution in [1.29, 1.82) is 0 Å². The first kappa shape index (κ1) is 22.7. The van der Waals surface area contributed by atoms with Crippen molar-refractivity contribution in [3.05, 3.63) is 35.4 Å². The number of nitrogens with one attached hydrogen (secondary N) is 2. The van der Waals surface area contributed by atoms with E-state index < -0.39 is 0 Å². The molecule has 0 aliphatic carbocycles. The van der Waals surface area contributed by atoms with Gasteiger partial charge in [-0.15, -0.1) is 24.0 Å². The lowest BCUT2D eigenvalue weighted by atomic mass is 10.1. The highest BCUT2D eigenvalue weighted by Crippen LogP contribution is 2.14. The molecule has 0 unspecified atom stereocenters. The molecule has 0 spiro atoms. The zero-order valence-electron chi connectivity index (χ0n) is 16.0. The normalized spacial score (nSPS) is 15.3. The Kier molecular flexibility index (Phi) is 10.6. The van der Waals surface area contributed by atoms with Gasteiger partial charge in [0, 0.05) is 38.9 Å². The van der Waals surface area contributed by atoms with Crippen molar-refractivity contribution in [3.8, 4) is 0 Å². The van der Waals surface area contributed by atoms with Crippen molar-refractivity contribution in [1.82, 2.24) is 15.5 Å². The summed E-state index contributed by atoms with van der Waals surface area (Å²) in [6, 6.07) is 7.59. The maximum Gasteiger partial charge on any atom is 0.251 e. The van der Waals surface area contributed by atoms with Crippen LogP contribution in [0.3, 0.4) is 0 Å². The third kappa shape index (κ3) is 6.75. The molecule has 1 aromatic rings. The van der Waals surface area contributed by atoms with Gasteiger partial charge >= 0.3 is 0 Å². The Morgan fingerprint density at radius 3 is 2.42 bits per heavy atom. The summed E-state index contributed by atoms with van der Waals surface area (Å²) in [6.07, 6.45) is 2.46. The molecule has 6 nitrogen and oxygen atoms in total. The van der Waals surface area contributed by atoms with E-state index in [0.717, 1.165) is 50.6 Å². The van der Waals surface area contributed by atoms with Crippen LogP contribution >= 0.6 is 24.0 Å². The zero-order chi connectivity index (χ0) is 18.1. The summed E-state index contributed by atoms with van der Waals surface area (Å²) in [7, 11) is 1.64. The molecule has 0 bridgehead atoms. The second-order valence-electron chi connectivity index (χ2n) is 6.09. The number of hydrogen-bond acceptors (Lipinski definition) is 3. The highest BCUT2D eigenvalue weighted by molar-refractivity contribution is 14.0. The third-order valence-corrected chi connectivity index (χ3v) is 4.33. The third-order valence-electron chi connectivity index (χ3n) is 4.33. The van der Waals surface area contributed by atoms with E-state index in [1.165, 1.54) is 0 Å². The fraction of sp³-hybridized carbons (Fsp3) is 0.579. The summed E-state index contributed by atoms with van der Waals surface area (Å²) in [5.41, 5.74) is 1.76. The van der Waals surface area contributed by atoms with E-state index in [1.807, 2.05) is 31.2 Å². The molecule has 1 amide bonds. The standard InChI is InChI=1S/C19H30N4O2.HI/c1-4-21-19(23-12-10-17(11-13-23)25-5-2)22-14-15-6-8-16(9-7-15)18(24)20-3;/h6-9,17H,4-5,10-14H2,1-3H3,(H,20,24)(H,21,22);1H. The molecule has 0 radical (unpaired) electrons. The van der Waals surface area contributed by atoms with E-state index in [-0.39, 0.29) is 29.9 Å². The van der Waals surface area contributed by atoms with Crippen LogP contribution in [-0.2, 0) is 11.3 Å². The van der Waals surface area contributed by atoms with Crippen molar-refractivity contribution in [2.24, 2.45) is 4.99 Å². The van der Waals surface area contributed by atoms with Crippen LogP contribution in [-0.4, -0.2) is 56.2 Å². The van der Waals surface area contributed by atoms with Gasteiger partial charge in [0.05, 0.1) is 12.6 Å². The summed E-state index contributed by atoms with van der Waals surface area (Å²) in [5.74, 6) is 0.883. The van der Waals surface area contributed by atoms with Crippen LogP contribution in [0.25, 0.3) is 0 Å². The van der Waals surface area contributed by atoms with Gasteiger partial charge in [-0.05, 0) is 44.4 Å². The minimum Gasteiger partial charge on any atom is -0.378 e. The van der Waals surface area contributed by atoms with Gasteiger partial charge < -0.3 is 20.3 Å². The number of amides is 1. The smallest absolute Gasteiger partial charge is 0.251 e. The highest BCUT2D eigenvalue weighted by atomic mass is 127. The van der Waals surface area contributed by atoms with Gasteiger partial charge in [0.25, 0.3) is 5.91 Å². The monoisotopic (exact) mass is 474 g/mol. The number of nitrogens with zero attached hydrogens (tertiary/aromatic N) is 2. The first-order chi connectivity index (χ1) is 12.2. The molecule has 2 rings (SSSR count). The van der Waals surface area contributed by atoms with E-state index in [9.17, 15) is 4.79 Å². The summed E-state index contributed by atoms with van der Waals surface area (Å²) in [4.78, 5) is 18.7. The molecule has 1 aliphatic rings. The largest absolute Gasteiger partial charge is 0.378 e. The Morgan fingerprint density at radius 1 is 1.23 bits per heavy atom. The number of carbonyl (C=O) groups is 1. The van der Waals surface area contributed by atoms with Crippen LogP contribution < -0.4 is 10.6 Å². The summed E-state index contributed by atoms with van der Waals surface area (Å²) < 4.78 is 5.72. The quantitative estimate of drug-likeness (QED) is 0.378. The van der Waals surface area contributed by atoms with Crippen LogP contribution in [0.15, 0.2) is 29.3 Å². The number of likely N-dealkylation sites (tertiary alicyclic amines) is 1. The van der Waals surface area contributed by atoms with Gasteiger partial charge in [0.2, 0.25) is 0 Å². The van der Waals surface area contributed by atoms with Crippen LogP contribution in [0.1, 0.15) is 42.6 Å². The number of carbonyl (C=O) groups excluding carboxylic acids is 1. The lowest BCUT2D eigenvalue weighted by Gasteiger charge is -2.34. The number of piperidine rings is 1. The van der Waals surface area contributed by atoms with Crippen molar-refractivity contribution in [2.45, 2.75) is 39.3 Å². The molecule has 1 aliphatic heterocycles. The van der Waals surface area contributed by atoms with E-state index in [4.69, 9.17) is 9.73 Å². The molecule has 1 saturated heterocycles. The van der Waals surface area contributed by atoms with Crippen molar-refractivity contribution in [2.75, 3.05) is 33.3 Å². The highest BCUT2D eigenvalue weighted by Gasteiger charge is 2.21. The molecule has 1 fully saturated rings. The number of guanidine groups is 1. The average molecular weight is 474 g/mol. The van der Waals surface area contributed by atoms with Crippen LogP contribution in [0.2, 0.25) is 0 Å². The molecular formula is C19H31IN4O2. The van der Waals surface area contributed by atoms with E-state index >= 15 is 0 Å². The predicted octanol–water partition coefficient (Wildman–Crippen LogP) is 2.63. The molecule has 26 heavy (non-hydrogen) atoms. The Morgan fingerprint density at radius 2 is 1.88 bits per heavy atom. The molecule has 146 valence electrons. The lowest BCUT2D eigenvalue weighted by Crippen LogP contribution is -2.47. The van der Waals surface area contributed by atoms with Gasteiger partial charge in [0.15, 0.2) is 5.96 Å². The maximum absolute atomic E-state index is 11.6. The molecule has 0 atom stereocenters. The molecule has 0 saturated carbocycles. The van der Waals surface area contributed by atoms with Gasteiger partial charge in [-0.2, -0.15) is 0 Å². The van der Waals surface area contributed by atoms with Crippen molar-refractivity contribution >= 4 is 35.8 Å². The predicted molar refractivity (Wildman–Crippen MR) is 116 cm³/mol. The zero-order valence-corrected chi connectivity index (χ0v) is 18.3. The number of aliphatic imine (C=N–C) groups is 1. The SMILES string of the molecule is CCNC(=NCc1ccc(C(=O)NC)cc1)N1CCC(OCC)CC1.I. The number of benzene rings is 1.